The van der Waals surface area contributed by atoms with Crippen LogP contribution < -0.4 is 15.1 Å². The van der Waals surface area contributed by atoms with Gasteiger partial charge >= 0.3 is 7.12 Å². The highest BCUT2D eigenvalue weighted by molar-refractivity contribution is 6.62. The molecule has 2 fully saturated rings. The van der Waals surface area contributed by atoms with Crippen LogP contribution in [0, 0.1) is 0 Å². The molecule has 2 saturated heterocycles. The van der Waals surface area contributed by atoms with E-state index < -0.39 is 0 Å². The first-order chi connectivity index (χ1) is 12.4. The highest BCUT2D eigenvalue weighted by atomic mass is 16.7. The van der Waals surface area contributed by atoms with Gasteiger partial charge in [0.15, 0.2) is 0 Å². The molecule has 2 aliphatic rings. The van der Waals surface area contributed by atoms with Crippen molar-refractivity contribution in [2.45, 2.75) is 65.2 Å². The van der Waals surface area contributed by atoms with Gasteiger partial charge in [-0.1, -0.05) is 6.07 Å². The van der Waals surface area contributed by atoms with Gasteiger partial charge in [-0.3, -0.25) is 4.90 Å². The average molecular weight is 374 g/mol. The van der Waals surface area contributed by atoms with Crippen molar-refractivity contribution in [3.63, 3.8) is 0 Å². The number of benzene rings is 1. The predicted octanol–water partition coefficient (Wildman–Crippen LogP) is 2.91. The van der Waals surface area contributed by atoms with E-state index >= 15 is 0 Å². The lowest BCUT2D eigenvalue weighted by atomic mass is 9.78. The Morgan fingerprint density at radius 3 is 2.00 bits per heavy atom. The van der Waals surface area contributed by atoms with Crippen molar-refractivity contribution in [2.24, 2.45) is 0 Å². The highest BCUT2D eigenvalue weighted by Crippen LogP contribution is 2.37. The number of anilines is 1. The smallest absolute Gasteiger partial charge is 0.494 e. The van der Waals surface area contributed by atoms with Crippen LogP contribution in [0.5, 0.6) is 5.75 Å². The molecule has 0 saturated carbocycles. The molecule has 27 heavy (non-hydrogen) atoms. The fraction of sp³-hybridized carbons (Fsp3) is 0.714. The van der Waals surface area contributed by atoms with E-state index in [0.29, 0.717) is 0 Å². The molecule has 0 spiro atoms. The number of piperazine rings is 1. The Morgan fingerprint density at radius 1 is 0.963 bits per heavy atom. The minimum atomic E-state index is -0.351. The SMILES string of the molecule is COc1ccc(B2OC(C)(C)C(C)(C)O2)cc1N1CCN(C(C)(C)C)CC1. The summed E-state index contributed by atoms with van der Waals surface area (Å²) in [6, 6.07) is 6.26. The molecule has 0 unspecified atom stereocenters. The Hall–Kier alpha value is -1.24. The zero-order chi connectivity index (χ0) is 20.0. The third kappa shape index (κ3) is 3.98. The molecule has 0 radical (unpaired) electrons. The summed E-state index contributed by atoms with van der Waals surface area (Å²) in [7, 11) is 1.38. The average Bonchev–Trinajstić information content (AvgIpc) is 2.81. The Labute approximate surface area is 165 Å². The third-order valence-electron chi connectivity index (χ3n) is 6.30. The van der Waals surface area contributed by atoms with E-state index in [0.717, 1.165) is 43.1 Å². The van der Waals surface area contributed by atoms with Crippen molar-refractivity contribution in [3.8, 4) is 5.75 Å². The van der Waals surface area contributed by atoms with E-state index in [9.17, 15) is 0 Å². The summed E-state index contributed by atoms with van der Waals surface area (Å²) in [6.45, 7) is 19.3. The molecule has 0 bridgehead atoms. The van der Waals surface area contributed by atoms with Crippen molar-refractivity contribution in [1.29, 1.82) is 0 Å². The van der Waals surface area contributed by atoms with E-state index in [2.05, 4.69) is 70.4 Å². The number of hydrogen-bond acceptors (Lipinski definition) is 5. The van der Waals surface area contributed by atoms with Gasteiger partial charge in [0.1, 0.15) is 5.75 Å². The molecule has 0 atom stereocenters. The van der Waals surface area contributed by atoms with Crippen molar-refractivity contribution >= 4 is 18.3 Å². The number of ether oxygens (including phenoxy) is 1. The fourth-order valence-electron chi connectivity index (χ4n) is 3.70. The molecule has 3 rings (SSSR count). The summed E-state index contributed by atoms with van der Waals surface area (Å²) in [4.78, 5) is 4.95. The monoisotopic (exact) mass is 374 g/mol. The topological polar surface area (TPSA) is 34.2 Å². The number of nitrogens with zero attached hydrogens (tertiary/aromatic N) is 2. The van der Waals surface area contributed by atoms with E-state index in [4.69, 9.17) is 14.0 Å². The minimum Gasteiger partial charge on any atom is -0.495 e. The van der Waals surface area contributed by atoms with Crippen LogP contribution >= 0.6 is 0 Å². The van der Waals surface area contributed by atoms with Gasteiger partial charge in [-0.15, -0.1) is 0 Å². The van der Waals surface area contributed by atoms with E-state index in [1.54, 1.807) is 7.11 Å². The van der Waals surface area contributed by atoms with Gasteiger partial charge in [-0.25, -0.2) is 0 Å². The molecule has 2 aliphatic heterocycles. The van der Waals surface area contributed by atoms with Crippen molar-refractivity contribution in [2.75, 3.05) is 38.2 Å². The van der Waals surface area contributed by atoms with Crippen LogP contribution in [0.4, 0.5) is 5.69 Å². The third-order valence-corrected chi connectivity index (χ3v) is 6.30. The number of hydrogen-bond donors (Lipinski definition) is 0. The first-order valence-electron chi connectivity index (χ1n) is 9.98. The molecule has 0 amide bonds. The summed E-state index contributed by atoms with van der Waals surface area (Å²) >= 11 is 0. The van der Waals surface area contributed by atoms with Gasteiger partial charge in [0.25, 0.3) is 0 Å². The molecule has 6 heteroatoms. The van der Waals surface area contributed by atoms with Crippen LogP contribution in [-0.2, 0) is 9.31 Å². The highest BCUT2D eigenvalue weighted by Gasteiger charge is 2.51. The molecule has 1 aromatic rings. The van der Waals surface area contributed by atoms with Crippen molar-refractivity contribution in [1.82, 2.24) is 4.90 Å². The zero-order valence-electron chi connectivity index (χ0n) is 18.3. The molecule has 5 nitrogen and oxygen atoms in total. The quantitative estimate of drug-likeness (QED) is 0.760. The maximum Gasteiger partial charge on any atom is 0.494 e. The molecule has 0 aromatic heterocycles. The van der Waals surface area contributed by atoms with Gasteiger partial charge in [-0.05, 0) is 66.1 Å². The predicted molar refractivity (Wildman–Crippen MR) is 112 cm³/mol. The molecule has 0 aliphatic carbocycles. The molecule has 150 valence electrons. The molecular formula is C21H35BN2O3. The van der Waals surface area contributed by atoms with Gasteiger partial charge in [0.05, 0.1) is 24.0 Å². The van der Waals surface area contributed by atoms with Gasteiger partial charge in [0, 0.05) is 31.7 Å². The van der Waals surface area contributed by atoms with Gasteiger partial charge in [-0.2, -0.15) is 0 Å². The van der Waals surface area contributed by atoms with E-state index in [-0.39, 0.29) is 23.9 Å². The number of methoxy groups -OCH3 is 1. The largest absolute Gasteiger partial charge is 0.495 e. The minimum absolute atomic E-state index is 0.209. The normalized spacial score (nSPS) is 23.0. The summed E-state index contributed by atoms with van der Waals surface area (Å²) in [5.74, 6) is 0.902. The molecule has 0 N–H and O–H groups in total. The maximum atomic E-state index is 6.24. The number of rotatable bonds is 3. The summed E-state index contributed by atoms with van der Waals surface area (Å²) in [5, 5.41) is 0. The zero-order valence-corrected chi connectivity index (χ0v) is 18.3. The van der Waals surface area contributed by atoms with Crippen LogP contribution in [0.3, 0.4) is 0 Å². The van der Waals surface area contributed by atoms with Crippen LogP contribution in [0.1, 0.15) is 48.5 Å². The van der Waals surface area contributed by atoms with E-state index in [1.165, 1.54) is 0 Å². The lowest BCUT2D eigenvalue weighted by molar-refractivity contribution is 0.00578. The van der Waals surface area contributed by atoms with Crippen molar-refractivity contribution in [3.05, 3.63) is 18.2 Å². The molecule has 1 aromatic carbocycles. The first kappa shape index (κ1) is 20.5. The van der Waals surface area contributed by atoms with Crippen LogP contribution in [0.25, 0.3) is 0 Å². The van der Waals surface area contributed by atoms with Gasteiger partial charge < -0.3 is 18.9 Å². The van der Waals surface area contributed by atoms with Crippen LogP contribution in [-0.4, -0.2) is 62.0 Å². The second-order valence-corrected chi connectivity index (χ2v) is 9.66. The fourth-order valence-corrected chi connectivity index (χ4v) is 3.70. The standard InChI is InChI=1S/C21H35BN2O3/c1-19(2,3)24-13-11-23(12-14-24)17-15-16(9-10-18(17)25-8)22-26-20(4,5)21(6,7)27-22/h9-10,15H,11-14H2,1-8H3. The maximum absolute atomic E-state index is 6.24. The van der Waals surface area contributed by atoms with Gasteiger partial charge in [0.2, 0.25) is 0 Å². The lowest BCUT2D eigenvalue weighted by Gasteiger charge is -2.43. The summed E-state index contributed by atoms with van der Waals surface area (Å²) < 4.78 is 18.1. The Morgan fingerprint density at radius 2 is 1.52 bits per heavy atom. The van der Waals surface area contributed by atoms with E-state index in [1.807, 2.05) is 6.07 Å². The van der Waals surface area contributed by atoms with Crippen molar-refractivity contribution < 1.29 is 14.0 Å². The Bertz CT molecular complexity index is 660. The summed E-state index contributed by atoms with van der Waals surface area (Å²) in [5.41, 5.74) is 1.70. The Balaban J connectivity index is 1.82. The lowest BCUT2D eigenvalue weighted by Crippen LogP contribution is -2.53. The van der Waals surface area contributed by atoms with Crippen LogP contribution in [0.15, 0.2) is 18.2 Å². The molecular weight excluding hydrogens is 339 g/mol. The summed E-state index contributed by atoms with van der Waals surface area (Å²) in [6.07, 6.45) is 0. The molecule has 2 heterocycles. The second kappa shape index (κ2) is 6.98. The van der Waals surface area contributed by atoms with Crippen LogP contribution in [0.2, 0.25) is 0 Å². The Kier molecular flexibility index (Phi) is 5.30. The second-order valence-electron chi connectivity index (χ2n) is 9.66. The first-order valence-corrected chi connectivity index (χ1v) is 9.98.